The van der Waals surface area contributed by atoms with E-state index in [1.807, 2.05) is 0 Å². The molecule has 10 atom stereocenters. The Morgan fingerprint density at radius 2 is 1.53 bits per heavy atom. The van der Waals surface area contributed by atoms with E-state index in [9.17, 15) is 10.2 Å². The van der Waals surface area contributed by atoms with Crippen molar-refractivity contribution < 1.29 is 10.2 Å². The number of aliphatic hydroxyl groups is 2. The summed E-state index contributed by atoms with van der Waals surface area (Å²) in [6.45, 7) is 19.7. The van der Waals surface area contributed by atoms with Gasteiger partial charge in [-0.1, -0.05) is 46.8 Å². The Bertz CT molecular complexity index is 786. The Morgan fingerprint density at radius 1 is 0.812 bits per heavy atom. The monoisotopic (exact) mass is 442 g/mol. The molecule has 5 saturated carbocycles. The molecule has 0 heterocycles. The lowest BCUT2D eigenvalue weighted by Gasteiger charge is -2.73. The van der Waals surface area contributed by atoms with E-state index in [2.05, 4.69) is 48.1 Å². The highest BCUT2D eigenvalue weighted by molar-refractivity contribution is 5.21. The van der Waals surface area contributed by atoms with Gasteiger partial charge in [0.2, 0.25) is 0 Å². The minimum atomic E-state index is -0.147. The second-order valence-electron chi connectivity index (χ2n) is 14.6. The van der Waals surface area contributed by atoms with Crippen LogP contribution in [0, 0.1) is 56.7 Å². The lowest BCUT2D eigenvalue weighted by atomic mass is 9.32. The number of allylic oxidation sites excluding steroid dienone is 1. The van der Waals surface area contributed by atoms with Crippen LogP contribution in [0.2, 0.25) is 0 Å². The standard InChI is InChI=1S/C30H50O2/c1-19(2)20-10-15-30(18-31)17-16-28(6)21(25(20)30)8-9-23-27(5)13-12-24(32)26(3,4)22(27)11-14-29(23,28)7/h20-25,31-32H,1,8-18H2,2-7H3/t20-,21-,22-,23-,24-,25+,27+,28+,29-,30-/m1/s1. The van der Waals surface area contributed by atoms with Crippen LogP contribution >= 0.6 is 0 Å². The molecule has 182 valence electrons. The van der Waals surface area contributed by atoms with E-state index in [0.717, 1.165) is 18.3 Å². The summed E-state index contributed by atoms with van der Waals surface area (Å²) in [5.74, 6) is 3.33. The topological polar surface area (TPSA) is 40.5 Å². The fourth-order valence-corrected chi connectivity index (χ4v) is 11.5. The van der Waals surface area contributed by atoms with Gasteiger partial charge in [-0.25, -0.2) is 0 Å². The van der Waals surface area contributed by atoms with E-state index >= 15 is 0 Å². The Labute approximate surface area is 197 Å². The van der Waals surface area contributed by atoms with Crippen molar-refractivity contribution >= 4 is 0 Å². The van der Waals surface area contributed by atoms with Gasteiger partial charge in [0.15, 0.2) is 0 Å². The Kier molecular flexibility index (Phi) is 5.19. The highest BCUT2D eigenvalue weighted by Crippen LogP contribution is 2.77. The number of rotatable bonds is 2. The van der Waals surface area contributed by atoms with E-state index in [0.29, 0.717) is 40.6 Å². The summed E-state index contributed by atoms with van der Waals surface area (Å²) in [5.41, 5.74) is 2.60. The molecule has 2 heteroatoms. The first-order valence-electron chi connectivity index (χ1n) is 13.8. The normalized spacial score (nSPS) is 56.5. The summed E-state index contributed by atoms with van der Waals surface area (Å²) in [5, 5.41) is 21.5. The Morgan fingerprint density at radius 3 is 2.19 bits per heavy atom. The Hall–Kier alpha value is -0.340. The maximum Gasteiger partial charge on any atom is 0.0594 e. The zero-order valence-corrected chi connectivity index (χ0v) is 21.8. The summed E-state index contributed by atoms with van der Waals surface area (Å²) in [6, 6.07) is 0. The predicted octanol–water partition coefficient (Wildman–Crippen LogP) is 7.00. The molecule has 5 rings (SSSR count). The molecule has 0 unspecified atom stereocenters. The van der Waals surface area contributed by atoms with Crippen molar-refractivity contribution in [2.45, 2.75) is 112 Å². The third-order valence-electron chi connectivity index (χ3n) is 13.5. The van der Waals surface area contributed by atoms with Gasteiger partial charge in [-0.2, -0.15) is 0 Å². The molecule has 32 heavy (non-hydrogen) atoms. The summed E-state index contributed by atoms with van der Waals surface area (Å²) in [4.78, 5) is 0. The molecule has 5 fully saturated rings. The first-order valence-corrected chi connectivity index (χ1v) is 13.8. The molecule has 5 aliphatic rings. The van der Waals surface area contributed by atoms with Gasteiger partial charge < -0.3 is 10.2 Å². The molecule has 0 radical (unpaired) electrons. The third-order valence-corrected chi connectivity index (χ3v) is 13.5. The van der Waals surface area contributed by atoms with Crippen molar-refractivity contribution in [3.05, 3.63) is 12.2 Å². The lowest BCUT2D eigenvalue weighted by Crippen LogP contribution is -2.66. The highest BCUT2D eigenvalue weighted by atomic mass is 16.3. The minimum Gasteiger partial charge on any atom is -0.396 e. The van der Waals surface area contributed by atoms with Crippen LogP contribution in [0.1, 0.15) is 106 Å². The molecule has 0 aromatic heterocycles. The first kappa shape index (κ1) is 23.4. The molecule has 0 bridgehead atoms. The SMILES string of the molecule is C=C(C)[C@H]1CC[C@]2(CO)CC[C@@]3(C)[C@H](CC[C@@H]4[C@@]5(C)CC[C@@H](O)C(C)(C)[C@H]5CC[C@]43C)[C@H]12. The molecule has 2 nitrogen and oxygen atoms in total. The van der Waals surface area contributed by atoms with Crippen molar-refractivity contribution in [1.29, 1.82) is 0 Å². The van der Waals surface area contributed by atoms with Crippen molar-refractivity contribution in [1.82, 2.24) is 0 Å². The molecule has 0 aliphatic heterocycles. The maximum atomic E-state index is 10.9. The highest BCUT2D eigenvalue weighted by Gasteiger charge is 2.70. The maximum absolute atomic E-state index is 10.9. The van der Waals surface area contributed by atoms with Gasteiger partial charge >= 0.3 is 0 Å². The van der Waals surface area contributed by atoms with Crippen LogP contribution in [0.5, 0.6) is 0 Å². The van der Waals surface area contributed by atoms with Gasteiger partial charge in [0.1, 0.15) is 0 Å². The summed E-state index contributed by atoms with van der Waals surface area (Å²) in [7, 11) is 0. The van der Waals surface area contributed by atoms with Crippen LogP contribution in [0.4, 0.5) is 0 Å². The average molecular weight is 443 g/mol. The third kappa shape index (κ3) is 2.66. The summed E-state index contributed by atoms with van der Waals surface area (Å²) < 4.78 is 0. The van der Waals surface area contributed by atoms with Crippen molar-refractivity contribution in [3.8, 4) is 0 Å². The van der Waals surface area contributed by atoms with E-state index in [1.54, 1.807) is 0 Å². The fourth-order valence-electron chi connectivity index (χ4n) is 11.5. The molecule has 2 N–H and O–H groups in total. The van der Waals surface area contributed by atoms with E-state index in [4.69, 9.17) is 0 Å². The van der Waals surface area contributed by atoms with Gasteiger partial charge in [-0.3, -0.25) is 0 Å². The molecule has 0 aromatic rings. The lowest BCUT2D eigenvalue weighted by molar-refractivity contribution is -0.249. The number of fused-ring (bicyclic) bond motifs is 7. The second-order valence-corrected chi connectivity index (χ2v) is 14.6. The number of aliphatic hydroxyl groups excluding tert-OH is 2. The molecule has 0 amide bonds. The van der Waals surface area contributed by atoms with Crippen LogP contribution in [-0.2, 0) is 0 Å². The van der Waals surface area contributed by atoms with Crippen molar-refractivity contribution in [2.75, 3.05) is 6.61 Å². The van der Waals surface area contributed by atoms with Crippen molar-refractivity contribution in [2.24, 2.45) is 56.7 Å². The van der Waals surface area contributed by atoms with Crippen LogP contribution in [-0.4, -0.2) is 22.9 Å². The quantitative estimate of drug-likeness (QED) is 0.452. The van der Waals surface area contributed by atoms with Gasteiger partial charge in [0.05, 0.1) is 6.10 Å². The fraction of sp³-hybridized carbons (Fsp3) is 0.933. The largest absolute Gasteiger partial charge is 0.396 e. The summed E-state index contributed by atoms with van der Waals surface area (Å²) >= 11 is 0. The second kappa shape index (κ2) is 7.09. The molecule has 0 saturated heterocycles. The summed E-state index contributed by atoms with van der Waals surface area (Å²) in [6.07, 6.45) is 12.2. The first-order chi connectivity index (χ1) is 14.9. The van der Waals surface area contributed by atoms with Crippen LogP contribution in [0.3, 0.4) is 0 Å². The van der Waals surface area contributed by atoms with E-state index in [1.165, 1.54) is 63.4 Å². The number of hydrogen-bond acceptors (Lipinski definition) is 2. The molecular formula is C30H50O2. The number of hydrogen-bond donors (Lipinski definition) is 2. The van der Waals surface area contributed by atoms with Gasteiger partial charge in [0, 0.05) is 6.61 Å². The van der Waals surface area contributed by atoms with Gasteiger partial charge in [0.25, 0.3) is 0 Å². The van der Waals surface area contributed by atoms with Gasteiger partial charge in [-0.05, 0) is 128 Å². The smallest absolute Gasteiger partial charge is 0.0594 e. The van der Waals surface area contributed by atoms with Crippen molar-refractivity contribution in [3.63, 3.8) is 0 Å². The van der Waals surface area contributed by atoms with Crippen LogP contribution < -0.4 is 0 Å². The molecular weight excluding hydrogens is 392 g/mol. The molecule has 5 aliphatic carbocycles. The average Bonchev–Trinajstić information content (AvgIpc) is 3.12. The van der Waals surface area contributed by atoms with E-state index < -0.39 is 0 Å². The Balaban J connectivity index is 1.55. The predicted molar refractivity (Wildman–Crippen MR) is 132 cm³/mol. The van der Waals surface area contributed by atoms with Crippen LogP contribution in [0.15, 0.2) is 12.2 Å². The minimum absolute atomic E-state index is 0.0290. The molecule has 0 spiro atoms. The zero-order valence-electron chi connectivity index (χ0n) is 21.8. The van der Waals surface area contributed by atoms with Crippen LogP contribution in [0.25, 0.3) is 0 Å². The molecule has 0 aromatic carbocycles. The van der Waals surface area contributed by atoms with E-state index in [-0.39, 0.29) is 16.9 Å². The zero-order chi connectivity index (χ0) is 23.3. The van der Waals surface area contributed by atoms with Gasteiger partial charge in [-0.15, -0.1) is 0 Å².